The Bertz CT molecular complexity index is 57.2. The SMILES string of the molecule is CC(C)C(O)NOO. The van der Waals surface area contributed by atoms with Crippen molar-refractivity contribution in [2.45, 2.75) is 20.1 Å². The number of hydroxylamine groups is 1. The fourth-order valence-corrected chi connectivity index (χ4v) is 0.190. The zero-order chi connectivity index (χ0) is 6.57. The second-order valence-corrected chi connectivity index (χ2v) is 1.90. The number of aliphatic hydroxyl groups excluding tert-OH is 1. The quantitative estimate of drug-likeness (QED) is 0.278. The van der Waals surface area contributed by atoms with Gasteiger partial charge in [-0.2, -0.15) is 0 Å². The molecule has 0 aromatic carbocycles. The van der Waals surface area contributed by atoms with Crippen LogP contribution in [0.3, 0.4) is 0 Å². The molecule has 4 heteroatoms. The first kappa shape index (κ1) is 7.84. The molecule has 0 bridgehead atoms. The van der Waals surface area contributed by atoms with Gasteiger partial charge in [-0.05, 0) is 5.92 Å². The van der Waals surface area contributed by atoms with E-state index in [1.807, 2.05) is 5.48 Å². The van der Waals surface area contributed by atoms with Crippen LogP contribution in [0.25, 0.3) is 0 Å². The van der Waals surface area contributed by atoms with Crippen molar-refractivity contribution < 1.29 is 15.4 Å². The lowest BCUT2D eigenvalue weighted by atomic mass is 10.2. The van der Waals surface area contributed by atoms with Gasteiger partial charge in [0, 0.05) is 0 Å². The van der Waals surface area contributed by atoms with Crippen LogP contribution < -0.4 is 5.48 Å². The highest BCUT2D eigenvalue weighted by molar-refractivity contribution is 4.48. The van der Waals surface area contributed by atoms with Crippen LogP contribution >= 0.6 is 0 Å². The molecule has 1 atom stereocenters. The zero-order valence-corrected chi connectivity index (χ0v) is 4.96. The smallest absolute Gasteiger partial charge is 0.132 e. The molecular weight excluding hydrogens is 110 g/mol. The Morgan fingerprint density at radius 2 is 2.00 bits per heavy atom. The molecule has 4 nitrogen and oxygen atoms in total. The minimum Gasteiger partial charge on any atom is -0.376 e. The zero-order valence-electron chi connectivity index (χ0n) is 4.96. The Hall–Kier alpha value is -0.160. The van der Waals surface area contributed by atoms with Gasteiger partial charge in [0.05, 0.1) is 0 Å². The summed E-state index contributed by atoms with van der Waals surface area (Å²) in [4.78, 5) is 3.46. The molecule has 0 aliphatic carbocycles. The van der Waals surface area contributed by atoms with Gasteiger partial charge in [-0.3, -0.25) is 0 Å². The first-order chi connectivity index (χ1) is 3.68. The molecule has 3 N–H and O–H groups in total. The van der Waals surface area contributed by atoms with E-state index in [0.29, 0.717) is 0 Å². The van der Waals surface area contributed by atoms with E-state index in [9.17, 15) is 0 Å². The van der Waals surface area contributed by atoms with Gasteiger partial charge >= 0.3 is 0 Å². The van der Waals surface area contributed by atoms with Gasteiger partial charge in [0.1, 0.15) is 6.23 Å². The lowest BCUT2D eigenvalue weighted by Gasteiger charge is -2.11. The summed E-state index contributed by atoms with van der Waals surface area (Å²) in [5, 5.41) is 16.4. The highest BCUT2D eigenvalue weighted by Crippen LogP contribution is 1.95. The van der Waals surface area contributed by atoms with Crippen LogP contribution in [0.4, 0.5) is 0 Å². The largest absolute Gasteiger partial charge is 0.376 e. The summed E-state index contributed by atoms with van der Waals surface area (Å²) < 4.78 is 0. The van der Waals surface area contributed by atoms with Gasteiger partial charge < -0.3 is 5.11 Å². The van der Waals surface area contributed by atoms with E-state index < -0.39 is 6.23 Å². The predicted molar refractivity (Wildman–Crippen MR) is 27.7 cm³/mol. The van der Waals surface area contributed by atoms with Crippen LogP contribution in [0.15, 0.2) is 0 Å². The number of hydrogen-bond donors (Lipinski definition) is 3. The van der Waals surface area contributed by atoms with E-state index in [1.54, 1.807) is 13.8 Å². The highest BCUT2D eigenvalue weighted by atomic mass is 17.2. The topological polar surface area (TPSA) is 61.7 Å². The third kappa shape index (κ3) is 2.92. The molecule has 0 saturated carbocycles. The van der Waals surface area contributed by atoms with Crippen molar-refractivity contribution in [3.05, 3.63) is 0 Å². The van der Waals surface area contributed by atoms with Crippen LogP contribution in [0.1, 0.15) is 13.8 Å². The summed E-state index contributed by atoms with van der Waals surface area (Å²) in [5.41, 5.74) is 1.96. The lowest BCUT2D eigenvalue weighted by molar-refractivity contribution is -0.317. The Morgan fingerprint density at radius 1 is 1.50 bits per heavy atom. The number of aliphatic hydroxyl groups is 1. The maximum absolute atomic E-state index is 8.73. The van der Waals surface area contributed by atoms with Crippen LogP contribution in [0, 0.1) is 5.92 Å². The molecule has 50 valence electrons. The Balaban J connectivity index is 3.17. The Kier molecular flexibility index (Phi) is 3.72. The van der Waals surface area contributed by atoms with Crippen molar-refractivity contribution in [1.29, 1.82) is 0 Å². The van der Waals surface area contributed by atoms with Gasteiger partial charge in [0.2, 0.25) is 0 Å². The Morgan fingerprint density at radius 3 is 2.12 bits per heavy atom. The normalized spacial score (nSPS) is 14.6. The summed E-state index contributed by atoms with van der Waals surface area (Å²) in [6.07, 6.45) is -0.806. The molecule has 1 unspecified atom stereocenters. The second-order valence-electron chi connectivity index (χ2n) is 1.90. The van der Waals surface area contributed by atoms with Crippen molar-refractivity contribution in [3.63, 3.8) is 0 Å². The van der Waals surface area contributed by atoms with Crippen LogP contribution in [0.2, 0.25) is 0 Å². The maximum Gasteiger partial charge on any atom is 0.132 e. The van der Waals surface area contributed by atoms with E-state index >= 15 is 0 Å². The third-order valence-electron chi connectivity index (χ3n) is 0.805. The molecule has 0 fully saturated rings. The molecule has 0 aliphatic heterocycles. The number of nitrogens with one attached hydrogen (secondary N) is 1. The molecule has 8 heavy (non-hydrogen) atoms. The highest BCUT2D eigenvalue weighted by Gasteiger charge is 2.06. The molecule has 0 radical (unpaired) electrons. The molecule has 0 aromatic heterocycles. The van der Waals surface area contributed by atoms with Gasteiger partial charge in [0.15, 0.2) is 0 Å². The average molecular weight is 121 g/mol. The Labute approximate surface area is 48.0 Å². The molecule has 0 aliphatic rings. The monoisotopic (exact) mass is 121 g/mol. The van der Waals surface area contributed by atoms with E-state index in [0.717, 1.165) is 0 Å². The van der Waals surface area contributed by atoms with Crippen molar-refractivity contribution in [2.75, 3.05) is 0 Å². The second kappa shape index (κ2) is 3.80. The fourth-order valence-electron chi connectivity index (χ4n) is 0.190. The average Bonchev–Trinajstić information content (AvgIpc) is 1.67. The predicted octanol–water partition coefficient (Wildman–Crippen LogP) is -0.0450. The van der Waals surface area contributed by atoms with Crippen LogP contribution in [0.5, 0.6) is 0 Å². The summed E-state index contributed by atoms with van der Waals surface area (Å²) in [6, 6.07) is 0. The number of hydrogen-bond acceptors (Lipinski definition) is 4. The third-order valence-corrected chi connectivity index (χ3v) is 0.805. The van der Waals surface area contributed by atoms with E-state index in [4.69, 9.17) is 10.4 Å². The maximum atomic E-state index is 8.73. The van der Waals surface area contributed by atoms with Crippen molar-refractivity contribution >= 4 is 0 Å². The molecule has 0 spiro atoms. The first-order valence-corrected chi connectivity index (χ1v) is 2.42. The van der Waals surface area contributed by atoms with Crippen molar-refractivity contribution in [3.8, 4) is 0 Å². The standard InChI is InChI=1S/C4H11NO3/c1-3(2)4(6)5-8-7/h3-7H,1-2H3. The van der Waals surface area contributed by atoms with E-state index in [2.05, 4.69) is 4.99 Å². The van der Waals surface area contributed by atoms with Crippen molar-refractivity contribution in [1.82, 2.24) is 5.48 Å². The van der Waals surface area contributed by atoms with Gasteiger partial charge in [-0.15, -0.1) is 10.5 Å². The summed E-state index contributed by atoms with van der Waals surface area (Å²) >= 11 is 0. The summed E-state index contributed by atoms with van der Waals surface area (Å²) in [6.45, 7) is 3.58. The molecule has 0 saturated heterocycles. The van der Waals surface area contributed by atoms with Crippen molar-refractivity contribution in [2.24, 2.45) is 5.92 Å². The summed E-state index contributed by atoms with van der Waals surface area (Å²) in [7, 11) is 0. The molecule has 0 amide bonds. The lowest BCUT2D eigenvalue weighted by Crippen LogP contribution is -2.32. The first-order valence-electron chi connectivity index (χ1n) is 2.42. The molecule has 0 aromatic rings. The summed E-state index contributed by atoms with van der Waals surface area (Å²) in [5.74, 6) is 0.0298. The minimum atomic E-state index is -0.806. The van der Waals surface area contributed by atoms with Crippen LogP contribution in [-0.2, 0) is 4.99 Å². The van der Waals surface area contributed by atoms with E-state index in [-0.39, 0.29) is 5.92 Å². The fraction of sp³-hybridized carbons (Fsp3) is 1.00. The van der Waals surface area contributed by atoms with Crippen LogP contribution in [-0.4, -0.2) is 16.6 Å². The molecule has 0 rings (SSSR count). The minimum absolute atomic E-state index is 0.0298. The van der Waals surface area contributed by atoms with Gasteiger partial charge in [-0.1, -0.05) is 13.8 Å². The molecular formula is C4H11NO3. The molecule has 0 heterocycles. The number of rotatable bonds is 3. The van der Waals surface area contributed by atoms with E-state index in [1.165, 1.54) is 0 Å². The van der Waals surface area contributed by atoms with Gasteiger partial charge in [-0.25, -0.2) is 5.26 Å². The van der Waals surface area contributed by atoms with Gasteiger partial charge in [0.25, 0.3) is 0 Å².